The highest BCUT2D eigenvalue weighted by molar-refractivity contribution is 7.92. The van der Waals surface area contributed by atoms with E-state index in [0.717, 1.165) is 0 Å². The van der Waals surface area contributed by atoms with Crippen molar-refractivity contribution >= 4 is 38.9 Å². The lowest BCUT2D eigenvalue weighted by molar-refractivity contribution is 0.174. The summed E-state index contributed by atoms with van der Waals surface area (Å²) in [6.45, 7) is 0.120. The van der Waals surface area contributed by atoms with Gasteiger partial charge in [-0.15, -0.1) is 0 Å². The summed E-state index contributed by atoms with van der Waals surface area (Å²) in [5.41, 5.74) is 0.352. The molecule has 21 heavy (non-hydrogen) atoms. The number of hydrogen-bond acceptors (Lipinski definition) is 4. The van der Waals surface area contributed by atoms with Gasteiger partial charge in [-0.2, -0.15) is 0 Å². The number of ether oxygens (including phenoxy) is 2. The summed E-state index contributed by atoms with van der Waals surface area (Å²) in [4.78, 5) is -0.0498. The molecule has 0 aromatic heterocycles. The fourth-order valence-corrected chi connectivity index (χ4v) is 3.69. The van der Waals surface area contributed by atoms with E-state index in [1.807, 2.05) is 0 Å². The molecule has 0 spiro atoms. The fraction of sp³-hybridized carbons (Fsp3) is 0.0769. The maximum atomic E-state index is 12.3. The van der Waals surface area contributed by atoms with Gasteiger partial charge in [-0.1, -0.05) is 23.2 Å². The molecule has 0 aliphatic carbocycles. The minimum Gasteiger partial charge on any atom is -0.454 e. The zero-order valence-corrected chi connectivity index (χ0v) is 12.8. The van der Waals surface area contributed by atoms with Crippen molar-refractivity contribution in [2.45, 2.75) is 4.90 Å². The van der Waals surface area contributed by atoms with Gasteiger partial charge in [0.15, 0.2) is 11.5 Å². The predicted octanol–water partition coefficient (Wildman–Crippen LogP) is 3.52. The van der Waals surface area contributed by atoms with E-state index in [4.69, 9.17) is 32.7 Å². The van der Waals surface area contributed by atoms with Gasteiger partial charge in [0.05, 0.1) is 10.7 Å². The van der Waals surface area contributed by atoms with Crippen LogP contribution in [-0.2, 0) is 10.0 Å². The molecule has 1 N–H and O–H groups in total. The summed E-state index contributed by atoms with van der Waals surface area (Å²) < 4.78 is 37.4. The van der Waals surface area contributed by atoms with E-state index in [-0.39, 0.29) is 16.7 Å². The molecular weight excluding hydrogens is 337 g/mol. The molecule has 0 saturated carbocycles. The maximum absolute atomic E-state index is 12.3. The smallest absolute Gasteiger partial charge is 0.263 e. The number of fused-ring (bicyclic) bond motifs is 1. The Hall–Kier alpha value is -1.63. The highest BCUT2D eigenvalue weighted by Gasteiger charge is 2.20. The number of sulfonamides is 1. The summed E-state index contributed by atoms with van der Waals surface area (Å²) in [6, 6.07) is 8.93. The van der Waals surface area contributed by atoms with Crippen LogP contribution in [0.1, 0.15) is 0 Å². The molecule has 1 aliphatic heterocycles. The molecule has 5 nitrogen and oxygen atoms in total. The Balaban J connectivity index is 1.92. The van der Waals surface area contributed by atoms with Crippen LogP contribution in [0.2, 0.25) is 10.0 Å². The molecule has 3 rings (SSSR count). The second-order valence-electron chi connectivity index (χ2n) is 4.25. The first-order valence-corrected chi connectivity index (χ1v) is 8.07. The van der Waals surface area contributed by atoms with Crippen molar-refractivity contribution in [2.24, 2.45) is 0 Å². The highest BCUT2D eigenvalue weighted by Crippen LogP contribution is 2.35. The van der Waals surface area contributed by atoms with Crippen molar-refractivity contribution in [2.75, 3.05) is 11.5 Å². The standard InChI is InChI=1S/C13H9Cl2NO4S/c14-8-1-4-13(10(15)5-8)21(17,18)16-9-2-3-11-12(6-9)20-7-19-11/h1-6,16H,7H2. The van der Waals surface area contributed by atoms with E-state index in [9.17, 15) is 8.42 Å². The second-order valence-corrected chi connectivity index (χ2v) is 6.74. The molecule has 2 aromatic carbocycles. The van der Waals surface area contributed by atoms with Gasteiger partial charge >= 0.3 is 0 Å². The van der Waals surface area contributed by atoms with Gasteiger partial charge in [0.2, 0.25) is 6.79 Å². The third kappa shape index (κ3) is 2.88. The van der Waals surface area contributed by atoms with Crippen LogP contribution in [0.3, 0.4) is 0 Å². The van der Waals surface area contributed by atoms with Crippen LogP contribution < -0.4 is 14.2 Å². The lowest BCUT2D eigenvalue weighted by Gasteiger charge is -2.10. The van der Waals surface area contributed by atoms with Crippen molar-refractivity contribution in [3.05, 3.63) is 46.4 Å². The topological polar surface area (TPSA) is 64.6 Å². The summed E-state index contributed by atoms with van der Waals surface area (Å²) in [5, 5.41) is 0.415. The van der Waals surface area contributed by atoms with Crippen LogP contribution in [0.25, 0.3) is 0 Å². The van der Waals surface area contributed by atoms with Crippen molar-refractivity contribution in [3.8, 4) is 11.5 Å². The molecule has 0 atom stereocenters. The molecule has 0 radical (unpaired) electrons. The van der Waals surface area contributed by atoms with E-state index in [1.165, 1.54) is 18.2 Å². The Bertz CT molecular complexity index is 808. The molecule has 1 aliphatic rings. The SMILES string of the molecule is O=S(=O)(Nc1ccc2c(c1)OCO2)c1ccc(Cl)cc1Cl. The zero-order valence-electron chi connectivity index (χ0n) is 10.5. The second kappa shape index (κ2) is 5.29. The van der Waals surface area contributed by atoms with Crippen molar-refractivity contribution in [1.82, 2.24) is 0 Å². The van der Waals surface area contributed by atoms with Gasteiger partial charge in [-0.3, -0.25) is 4.72 Å². The van der Waals surface area contributed by atoms with E-state index in [2.05, 4.69) is 4.72 Å². The summed E-state index contributed by atoms with van der Waals surface area (Å²) in [5.74, 6) is 1.06. The van der Waals surface area contributed by atoms with Gasteiger partial charge in [0.25, 0.3) is 10.0 Å². The highest BCUT2D eigenvalue weighted by atomic mass is 35.5. The summed E-state index contributed by atoms with van der Waals surface area (Å²) >= 11 is 11.7. The maximum Gasteiger partial charge on any atom is 0.263 e. The molecule has 8 heteroatoms. The minimum atomic E-state index is -3.82. The van der Waals surface area contributed by atoms with Crippen LogP contribution in [-0.4, -0.2) is 15.2 Å². The fourth-order valence-electron chi connectivity index (χ4n) is 1.86. The Morgan fingerprint density at radius 1 is 1.00 bits per heavy atom. The predicted molar refractivity (Wildman–Crippen MR) is 79.8 cm³/mol. The van der Waals surface area contributed by atoms with Gasteiger partial charge in [0.1, 0.15) is 4.90 Å². The molecule has 0 amide bonds. The van der Waals surface area contributed by atoms with E-state index < -0.39 is 10.0 Å². The van der Waals surface area contributed by atoms with Gasteiger partial charge in [-0.05, 0) is 30.3 Å². The number of anilines is 1. The minimum absolute atomic E-state index is 0.0498. The molecule has 2 aromatic rings. The van der Waals surface area contributed by atoms with Gasteiger partial charge in [0, 0.05) is 11.1 Å². The van der Waals surface area contributed by atoms with Crippen LogP contribution in [0.5, 0.6) is 11.5 Å². The lowest BCUT2D eigenvalue weighted by atomic mass is 10.3. The molecule has 0 saturated heterocycles. The average Bonchev–Trinajstić information content (AvgIpc) is 2.85. The number of benzene rings is 2. The lowest BCUT2D eigenvalue weighted by Crippen LogP contribution is -2.13. The van der Waals surface area contributed by atoms with Crippen LogP contribution in [0.15, 0.2) is 41.3 Å². The Morgan fingerprint density at radius 2 is 1.76 bits per heavy atom. The van der Waals surface area contributed by atoms with E-state index in [0.29, 0.717) is 22.2 Å². The molecule has 0 fully saturated rings. The van der Waals surface area contributed by atoms with E-state index >= 15 is 0 Å². The molecule has 0 unspecified atom stereocenters. The van der Waals surface area contributed by atoms with Crippen LogP contribution in [0, 0.1) is 0 Å². The van der Waals surface area contributed by atoms with Gasteiger partial charge < -0.3 is 9.47 Å². The first-order valence-electron chi connectivity index (χ1n) is 5.83. The van der Waals surface area contributed by atoms with Crippen molar-refractivity contribution < 1.29 is 17.9 Å². The molecule has 1 heterocycles. The normalized spacial score (nSPS) is 13.2. The van der Waals surface area contributed by atoms with Crippen molar-refractivity contribution in [1.29, 1.82) is 0 Å². The summed E-state index contributed by atoms with van der Waals surface area (Å²) in [6.07, 6.45) is 0. The van der Waals surface area contributed by atoms with E-state index in [1.54, 1.807) is 18.2 Å². The largest absolute Gasteiger partial charge is 0.454 e. The zero-order chi connectivity index (χ0) is 15.0. The third-order valence-electron chi connectivity index (χ3n) is 2.81. The van der Waals surface area contributed by atoms with Crippen LogP contribution in [0.4, 0.5) is 5.69 Å². The van der Waals surface area contributed by atoms with Crippen LogP contribution >= 0.6 is 23.2 Å². The van der Waals surface area contributed by atoms with Crippen molar-refractivity contribution in [3.63, 3.8) is 0 Å². The first kappa shape index (κ1) is 14.3. The number of rotatable bonds is 3. The Labute approximate surface area is 131 Å². The average molecular weight is 346 g/mol. The monoisotopic (exact) mass is 345 g/mol. The third-order valence-corrected chi connectivity index (χ3v) is 4.91. The quantitative estimate of drug-likeness (QED) is 0.924. The molecular formula is C13H9Cl2NO4S. The first-order chi connectivity index (χ1) is 9.95. The number of nitrogens with one attached hydrogen (secondary N) is 1. The molecule has 110 valence electrons. The number of halogens is 2. The number of hydrogen-bond donors (Lipinski definition) is 1. The Kier molecular flexibility index (Phi) is 3.61. The summed E-state index contributed by atoms with van der Waals surface area (Å²) in [7, 11) is -3.82. The van der Waals surface area contributed by atoms with Gasteiger partial charge in [-0.25, -0.2) is 8.42 Å². The Morgan fingerprint density at radius 3 is 2.52 bits per heavy atom. The molecule has 0 bridgehead atoms.